The van der Waals surface area contributed by atoms with Crippen molar-refractivity contribution in [3.63, 3.8) is 0 Å². The van der Waals surface area contributed by atoms with Gasteiger partial charge >= 0.3 is 0 Å². The van der Waals surface area contributed by atoms with Gasteiger partial charge in [-0.05, 0) is 31.8 Å². The molecule has 4 heteroatoms. The van der Waals surface area contributed by atoms with E-state index in [0.29, 0.717) is 0 Å². The van der Waals surface area contributed by atoms with Crippen LogP contribution >= 0.6 is 0 Å². The van der Waals surface area contributed by atoms with Gasteiger partial charge in [0.2, 0.25) is 0 Å². The van der Waals surface area contributed by atoms with Crippen LogP contribution in [0.2, 0.25) is 0 Å². The minimum atomic E-state index is -0.214. The average Bonchev–Trinajstić information content (AvgIpc) is 2.76. The van der Waals surface area contributed by atoms with Crippen molar-refractivity contribution in [3.05, 3.63) is 42.5 Å². The second-order valence-corrected chi connectivity index (χ2v) is 4.30. The van der Waals surface area contributed by atoms with Gasteiger partial charge in [-0.1, -0.05) is 12.1 Å². The van der Waals surface area contributed by atoms with Crippen molar-refractivity contribution in [2.24, 2.45) is 0 Å². The lowest BCUT2D eigenvalue weighted by Gasteiger charge is -2.08. The largest absolute Gasteiger partial charge is 0.308 e. The van der Waals surface area contributed by atoms with E-state index in [1.165, 1.54) is 12.1 Å². The number of rotatable bonds is 4. The van der Waals surface area contributed by atoms with Crippen molar-refractivity contribution >= 4 is 0 Å². The Morgan fingerprint density at radius 2 is 1.88 bits per heavy atom. The molecule has 0 bridgehead atoms. The van der Waals surface area contributed by atoms with Crippen molar-refractivity contribution < 1.29 is 4.39 Å². The van der Waals surface area contributed by atoms with Crippen LogP contribution < -0.4 is 0 Å². The highest BCUT2D eigenvalue weighted by Gasteiger charge is 2.02. The summed E-state index contributed by atoms with van der Waals surface area (Å²) in [4.78, 5) is 2.11. The highest BCUT2D eigenvalue weighted by Crippen LogP contribution is 2.18. The maximum Gasteiger partial charge on any atom is 0.123 e. The molecule has 2 aromatic rings. The molecule has 0 N–H and O–H groups in total. The van der Waals surface area contributed by atoms with Gasteiger partial charge in [0.25, 0.3) is 0 Å². The number of aromatic nitrogens is 2. The Labute approximate surface area is 100 Å². The molecule has 0 unspecified atom stereocenters. The van der Waals surface area contributed by atoms with E-state index in [4.69, 9.17) is 0 Å². The molecule has 0 saturated carbocycles. The Hall–Kier alpha value is -1.68. The molecule has 1 aromatic carbocycles. The number of hydrogen-bond donors (Lipinski definition) is 0. The molecule has 17 heavy (non-hydrogen) atoms. The lowest BCUT2D eigenvalue weighted by molar-refractivity contribution is 0.373. The van der Waals surface area contributed by atoms with Crippen LogP contribution in [0.1, 0.15) is 0 Å². The summed E-state index contributed by atoms with van der Waals surface area (Å²) in [6, 6.07) is 6.46. The second-order valence-electron chi connectivity index (χ2n) is 4.30. The zero-order valence-electron chi connectivity index (χ0n) is 10.1. The van der Waals surface area contributed by atoms with Crippen molar-refractivity contribution in [1.82, 2.24) is 14.7 Å². The maximum absolute atomic E-state index is 12.8. The fraction of sp³-hybridized carbons (Fsp3) is 0.308. The predicted octanol–water partition coefficient (Wildman–Crippen LogP) is 2.25. The molecule has 0 radical (unpaired) electrons. The standard InChI is InChI=1S/C13H16FN3/c1-16(2)7-8-17-10-12(9-15-17)11-3-5-13(14)6-4-11/h3-6,9-10H,7-8H2,1-2H3. The number of nitrogens with zero attached hydrogens (tertiary/aromatic N) is 3. The summed E-state index contributed by atoms with van der Waals surface area (Å²) in [6.07, 6.45) is 3.79. The van der Waals surface area contributed by atoms with Crippen LogP contribution in [0, 0.1) is 5.82 Å². The van der Waals surface area contributed by atoms with E-state index in [9.17, 15) is 4.39 Å². The summed E-state index contributed by atoms with van der Waals surface area (Å²) in [5, 5.41) is 4.28. The first-order valence-corrected chi connectivity index (χ1v) is 5.58. The molecule has 0 amide bonds. The smallest absolute Gasteiger partial charge is 0.123 e. The minimum Gasteiger partial charge on any atom is -0.308 e. The van der Waals surface area contributed by atoms with Crippen molar-refractivity contribution in [2.75, 3.05) is 20.6 Å². The van der Waals surface area contributed by atoms with E-state index in [-0.39, 0.29) is 5.82 Å². The molecule has 1 heterocycles. The van der Waals surface area contributed by atoms with Crippen LogP contribution in [0.4, 0.5) is 4.39 Å². The molecular formula is C13H16FN3. The molecule has 0 aliphatic rings. The third-order valence-corrected chi connectivity index (χ3v) is 2.59. The summed E-state index contributed by atoms with van der Waals surface area (Å²) in [5.74, 6) is -0.214. The lowest BCUT2D eigenvalue weighted by Crippen LogP contribution is -2.18. The molecule has 0 atom stereocenters. The Morgan fingerprint density at radius 1 is 1.18 bits per heavy atom. The van der Waals surface area contributed by atoms with Gasteiger partial charge in [-0.2, -0.15) is 5.10 Å². The second kappa shape index (κ2) is 5.10. The van der Waals surface area contributed by atoms with Gasteiger partial charge in [0, 0.05) is 18.3 Å². The summed E-state index contributed by atoms with van der Waals surface area (Å²) in [6.45, 7) is 1.80. The monoisotopic (exact) mass is 233 g/mol. The van der Waals surface area contributed by atoms with Crippen molar-refractivity contribution in [2.45, 2.75) is 6.54 Å². The van der Waals surface area contributed by atoms with Crippen LogP contribution in [-0.4, -0.2) is 35.3 Å². The molecule has 0 aliphatic carbocycles. The maximum atomic E-state index is 12.8. The molecule has 1 aromatic heterocycles. The molecule has 3 nitrogen and oxygen atoms in total. The van der Waals surface area contributed by atoms with E-state index in [2.05, 4.69) is 10.00 Å². The number of halogens is 1. The van der Waals surface area contributed by atoms with E-state index in [0.717, 1.165) is 24.2 Å². The van der Waals surface area contributed by atoms with E-state index < -0.39 is 0 Å². The van der Waals surface area contributed by atoms with Crippen LogP contribution in [-0.2, 0) is 6.54 Å². The first kappa shape index (κ1) is 11.8. The number of benzene rings is 1. The number of hydrogen-bond acceptors (Lipinski definition) is 2. The lowest BCUT2D eigenvalue weighted by atomic mass is 10.1. The highest BCUT2D eigenvalue weighted by atomic mass is 19.1. The van der Waals surface area contributed by atoms with Gasteiger partial charge in [0.05, 0.1) is 12.7 Å². The minimum absolute atomic E-state index is 0.214. The topological polar surface area (TPSA) is 21.1 Å². The fourth-order valence-corrected chi connectivity index (χ4v) is 1.58. The van der Waals surface area contributed by atoms with E-state index in [1.807, 2.05) is 31.2 Å². The van der Waals surface area contributed by atoms with Gasteiger partial charge < -0.3 is 4.90 Å². The zero-order valence-corrected chi connectivity index (χ0v) is 10.1. The Bertz CT molecular complexity index is 474. The average molecular weight is 233 g/mol. The van der Waals surface area contributed by atoms with Crippen LogP contribution in [0.25, 0.3) is 11.1 Å². The highest BCUT2D eigenvalue weighted by molar-refractivity contribution is 5.61. The third-order valence-electron chi connectivity index (χ3n) is 2.59. The molecule has 2 rings (SSSR count). The van der Waals surface area contributed by atoms with Crippen LogP contribution in [0.3, 0.4) is 0 Å². The predicted molar refractivity (Wildman–Crippen MR) is 66.2 cm³/mol. The van der Waals surface area contributed by atoms with E-state index >= 15 is 0 Å². The Morgan fingerprint density at radius 3 is 2.53 bits per heavy atom. The fourth-order valence-electron chi connectivity index (χ4n) is 1.58. The molecular weight excluding hydrogens is 217 g/mol. The van der Waals surface area contributed by atoms with Crippen molar-refractivity contribution in [3.8, 4) is 11.1 Å². The van der Waals surface area contributed by atoms with Gasteiger partial charge in [-0.3, -0.25) is 4.68 Å². The van der Waals surface area contributed by atoms with Gasteiger partial charge in [0.15, 0.2) is 0 Å². The van der Waals surface area contributed by atoms with Gasteiger partial charge in [0.1, 0.15) is 5.82 Å². The normalized spacial score (nSPS) is 11.1. The molecule has 0 spiro atoms. The molecule has 0 aliphatic heterocycles. The van der Waals surface area contributed by atoms with E-state index in [1.54, 1.807) is 12.1 Å². The quantitative estimate of drug-likeness (QED) is 0.807. The van der Waals surface area contributed by atoms with Crippen molar-refractivity contribution in [1.29, 1.82) is 0 Å². The summed E-state index contributed by atoms with van der Waals surface area (Å²) >= 11 is 0. The first-order chi connectivity index (χ1) is 8.15. The molecule has 0 saturated heterocycles. The Kier molecular flexibility index (Phi) is 3.54. The number of likely N-dealkylation sites (N-methyl/N-ethyl adjacent to an activating group) is 1. The SMILES string of the molecule is CN(C)CCn1cc(-c2ccc(F)cc2)cn1. The Balaban J connectivity index is 2.10. The van der Waals surface area contributed by atoms with Gasteiger partial charge in [-0.25, -0.2) is 4.39 Å². The zero-order chi connectivity index (χ0) is 12.3. The molecule has 90 valence electrons. The molecule has 0 fully saturated rings. The summed E-state index contributed by atoms with van der Waals surface area (Å²) in [7, 11) is 4.06. The van der Waals surface area contributed by atoms with Gasteiger partial charge in [-0.15, -0.1) is 0 Å². The third kappa shape index (κ3) is 3.14. The first-order valence-electron chi connectivity index (χ1n) is 5.58. The summed E-state index contributed by atoms with van der Waals surface area (Å²) < 4.78 is 14.7. The van der Waals surface area contributed by atoms with Crippen LogP contribution in [0.5, 0.6) is 0 Å². The van der Waals surface area contributed by atoms with Crippen LogP contribution in [0.15, 0.2) is 36.7 Å². The summed E-state index contributed by atoms with van der Waals surface area (Å²) in [5.41, 5.74) is 2.01.